The molecule has 1 aliphatic carbocycles. The van der Waals surface area contributed by atoms with Gasteiger partial charge in [0, 0.05) is 26.0 Å². The van der Waals surface area contributed by atoms with Gasteiger partial charge in [-0.25, -0.2) is 0 Å². The van der Waals surface area contributed by atoms with Gasteiger partial charge in [-0.15, -0.1) is 0 Å². The third-order valence-electron chi connectivity index (χ3n) is 5.38. The number of aromatic nitrogens is 1. The first-order valence-corrected chi connectivity index (χ1v) is 8.64. The Morgan fingerprint density at radius 1 is 1.50 bits per heavy atom. The van der Waals surface area contributed by atoms with E-state index < -0.39 is 0 Å². The number of aliphatic hydroxyl groups excluding tert-OH is 1. The first-order valence-electron chi connectivity index (χ1n) is 8.64. The Morgan fingerprint density at radius 3 is 3.08 bits per heavy atom. The third-order valence-corrected chi connectivity index (χ3v) is 5.38. The van der Waals surface area contributed by atoms with Crippen LogP contribution in [-0.4, -0.2) is 65.5 Å². The van der Waals surface area contributed by atoms with E-state index in [-0.39, 0.29) is 30.3 Å². The maximum Gasteiger partial charge on any atom is 0.227 e. The van der Waals surface area contributed by atoms with Crippen LogP contribution < -0.4 is 0 Å². The molecule has 6 heteroatoms. The number of carbonyl (C=O) groups is 1. The number of ether oxygens (including phenoxy) is 2. The van der Waals surface area contributed by atoms with Gasteiger partial charge in [-0.1, -0.05) is 6.07 Å². The lowest BCUT2D eigenvalue weighted by molar-refractivity contribution is -0.141. The molecule has 0 aromatic carbocycles. The van der Waals surface area contributed by atoms with Crippen LogP contribution in [0.25, 0.3) is 0 Å². The highest BCUT2D eigenvalue weighted by Crippen LogP contribution is 2.43. The number of nitrogens with zero attached hydrogens (tertiary/aromatic N) is 2. The van der Waals surface area contributed by atoms with Gasteiger partial charge in [-0.3, -0.25) is 9.78 Å². The number of aliphatic hydroxyl groups is 1. The molecule has 1 amide bonds. The van der Waals surface area contributed by atoms with E-state index in [0.29, 0.717) is 13.0 Å². The lowest BCUT2D eigenvalue weighted by Crippen LogP contribution is -2.53. The highest BCUT2D eigenvalue weighted by atomic mass is 16.5. The number of fused-ring (bicyclic) bond motifs is 1. The zero-order chi connectivity index (χ0) is 17.0. The van der Waals surface area contributed by atoms with Crippen molar-refractivity contribution in [2.24, 2.45) is 0 Å². The molecule has 1 saturated heterocycles. The minimum absolute atomic E-state index is 0.0280. The van der Waals surface area contributed by atoms with Crippen molar-refractivity contribution in [3.8, 4) is 0 Å². The van der Waals surface area contributed by atoms with Crippen molar-refractivity contribution in [3.05, 3.63) is 30.1 Å². The molecule has 1 aliphatic heterocycles. The molecule has 1 aromatic rings. The van der Waals surface area contributed by atoms with E-state index in [1.165, 1.54) is 0 Å². The van der Waals surface area contributed by atoms with Gasteiger partial charge in [0.15, 0.2) is 0 Å². The topological polar surface area (TPSA) is 71.9 Å². The molecular weight excluding hydrogens is 308 g/mol. The van der Waals surface area contributed by atoms with Crippen LogP contribution >= 0.6 is 0 Å². The number of hydrogen-bond donors (Lipinski definition) is 1. The van der Waals surface area contributed by atoms with Crippen LogP contribution in [0.2, 0.25) is 0 Å². The van der Waals surface area contributed by atoms with E-state index in [2.05, 4.69) is 4.98 Å². The molecule has 0 unspecified atom stereocenters. The summed E-state index contributed by atoms with van der Waals surface area (Å²) in [6.45, 7) is 1.10. The largest absolute Gasteiger partial charge is 0.394 e. The summed E-state index contributed by atoms with van der Waals surface area (Å²) in [7, 11) is 1.75. The van der Waals surface area contributed by atoms with Crippen LogP contribution in [0.3, 0.4) is 0 Å². The number of rotatable bonds is 6. The van der Waals surface area contributed by atoms with E-state index in [4.69, 9.17) is 14.6 Å². The van der Waals surface area contributed by atoms with Crippen LogP contribution in [-0.2, 0) is 20.7 Å². The standard InChI is InChI=1S/C18H26N2O4/c1-23-18-5-4-15(24-10-9-21)12-16(18)20(8-6-18)17(22)11-14-3-2-7-19-13-14/h2-3,7,13,15-16,21H,4-6,8-12H2,1H3/t15-,16-,18+/m0/s1. The van der Waals surface area contributed by atoms with Gasteiger partial charge >= 0.3 is 0 Å². The molecule has 3 rings (SSSR count). The van der Waals surface area contributed by atoms with Crippen molar-refractivity contribution in [1.82, 2.24) is 9.88 Å². The number of likely N-dealkylation sites (tertiary alicyclic amines) is 1. The Hall–Kier alpha value is -1.50. The van der Waals surface area contributed by atoms with Gasteiger partial charge in [0.05, 0.1) is 37.4 Å². The molecule has 0 radical (unpaired) electrons. The summed E-state index contributed by atoms with van der Waals surface area (Å²) in [5.74, 6) is 0.120. The van der Waals surface area contributed by atoms with Crippen LogP contribution in [0.5, 0.6) is 0 Å². The molecule has 2 aliphatic rings. The van der Waals surface area contributed by atoms with Crippen LogP contribution in [0.4, 0.5) is 0 Å². The lowest BCUT2D eigenvalue weighted by atomic mass is 9.79. The minimum atomic E-state index is -0.246. The zero-order valence-electron chi connectivity index (χ0n) is 14.2. The molecule has 6 nitrogen and oxygen atoms in total. The summed E-state index contributed by atoms with van der Waals surface area (Å²) < 4.78 is 11.6. The average molecular weight is 334 g/mol. The SMILES string of the molecule is CO[C@@]12CC[C@H](OCCO)C[C@@H]1N(C(=O)Cc1cccnc1)CC2. The van der Waals surface area contributed by atoms with Crippen molar-refractivity contribution in [2.45, 2.75) is 49.9 Å². The Labute approximate surface area is 142 Å². The summed E-state index contributed by atoms with van der Waals surface area (Å²) in [5, 5.41) is 8.97. The minimum Gasteiger partial charge on any atom is -0.394 e. The summed E-state index contributed by atoms with van der Waals surface area (Å²) in [5.41, 5.74) is 0.685. The molecule has 1 aromatic heterocycles. The normalized spacial score (nSPS) is 29.5. The van der Waals surface area contributed by atoms with Gasteiger partial charge < -0.3 is 19.5 Å². The maximum atomic E-state index is 12.8. The molecule has 3 atom stereocenters. The smallest absolute Gasteiger partial charge is 0.227 e. The summed E-state index contributed by atoms with van der Waals surface area (Å²) in [6.07, 6.45) is 7.35. The van der Waals surface area contributed by atoms with Crippen molar-refractivity contribution >= 4 is 5.91 Å². The van der Waals surface area contributed by atoms with Gasteiger partial charge in [-0.2, -0.15) is 0 Å². The molecule has 132 valence electrons. The Balaban J connectivity index is 1.70. The fourth-order valence-electron chi connectivity index (χ4n) is 4.11. The van der Waals surface area contributed by atoms with Crippen LogP contribution in [0.1, 0.15) is 31.2 Å². The average Bonchev–Trinajstić information content (AvgIpc) is 3.00. The molecule has 1 saturated carbocycles. The fourth-order valence-corrected chi connectivity index (χ4v) is 4.11. The maximum absolute atomic E-state index is 12.8. The van der Waals surface area contributed by atoms with Crippen molar-refractivity contribution in [1.29, 1.82) is 0 Å². The number of carbonyl (C=O) groups excluding carboxylic acids is 1. The molecule has 2 heterocycles. The second kappa shape index (κ2) is 7.59. The first kappa shape index (κ1) is 17.3. The van der Waals surface area contributed by atoms with E-state index in [0.717, 1.165) is 37.8 Å². The summed E-state index contributed by atoms with van der Waals surface area (Å²) in [4.78, 5) is 18.9. The Kier molecular flexibility index (Phi) is 5.48. The third kappa shape index (κ3) is 3.45. The second-order valence-corrected chi connectivity index (χ2v) is 6.65. The fraction of sp³-hybridized carbons (Fsp3) is 0.667. The molecule has 1 N–H and O–H groups in total. The predicted molar refractivity (Wildman–Crippen MR) is 88.5 cm³/mol. The van der Waals surface area contributed by atoms with Crippen molar-refractivity contribution in [3.63, 3.8) is 0 Å². The molecule has 24 heavy (non-hydrogen) atoms. The first-order chi connectivity index (χ1) is 11.7. The summed E-state index contributed by atoms with van der Waals surface area (Å²) in [6, 6.07) is 3.83. The van der Waals surface area contributed by atoms with Crippen LogP contribution in [0.15, 0.2) is 24.5 Å². The van der Waals surface area contributed by atoms with Gasteiger partial charge in [0.25, 0.3) is 0 Å². The van der Waals surface area contributed by atoms with Gasteiger partial charge in [0.2, 0.25) is 5.91 Å². The number of methoxy groups -OCH3 is 1. The van der Waals surface area contributed by atoms with Gasteiger partial charge in [-0.05, 0) is 37.3 Å². The number of pyridine rings is 1. The lowest BCUT2D eigenvalue weighted by Gasteiger charge is -2.43. The molecule has 2 fully saturated rings. The zero-order valence-corrected chi connectivity index (χ0v) is 14.2. The number of hydrogen-bond acceptors (Lipinski definition) is 5. The van der Waals surface area contributed by atoms with E-state index in [9.17, 15) is 4.79 Å². The Bertz CT molecular complexity index is 553. The molecule has 0 spiro atoms. The second-order valence-electron chi connectivity index (χ2n) is 6.65. The van der Waals surface area contributed by atoms with Crippen LogP contribution in [0, 0.1) is 0 Å². The Morgan fingerprint density at radius 2 is 2.38 bits per heavy atom. The van der Waals surface area contributed by atoms with Gasteiger partial charge in [0.1, 0.15) is 0 Å². The quantitative estimate of drug-likeness (QED) is 0.845. The van der Waals surface area contributed by atoms with E-state index >= 15 is 0 Å². The molecular formula is C18H26N2O4. The van der Waals surface area contributed by atoms with Crippen molar-refractivity contribution in [2.75, 3.05) is 26.9 Å². The monoisotopic (exact) mass is 334 g/mol. The number of amides is 1. The predicted octanol–water partition coefficient (Wildman–Crippen LogP) is 1.17. The highest BCUT2D eigenvalue weighted by Gasteiger charge is 2.52. The summed E-state index contributed by atoms with van der Waals surface area (Å²) >= 11 is 0. The van der Waals surface area contributed by atoms with E-state index in [1.54, 1.807) is 19.5 Å². The highest BCUT2D eigenvalue weighted by molar-refractivity contribution is 5.79. The van der Waals surface area contributed by atoms with E-state index in [1.807, 2.05) is 17.0 Å². The van der Waals surface area contributed by atoms with Crippen molar-refractivity contribution < 1.29 is 19.4 Å². The molecule has 0 bridgehead atoms.